The second-order valence-electron chi connectivity index (χ2n) is 4.95. The van der Waals surface area contributed by atoms with E-state index in [1.807, 2.05) is 24.3 Å². The van der Waals surface area contributed by atoms with Gasteiger partial charge in [-0.2, -0.15) is 5.06 Å². The number of allylic oxidation sites excluding steroid dienone is 1. The monoisotopic (exact) mass is 337 g/mol. The van der Waals surface area contributed by atoms with Crippen molar-refractivity contribution in [3.8, 4) is 11.8 Å². The van der Waals surface area contributed by atoms with E-state index in [0.717, 1.165) is 9.75 Å². The maximum absolute atomic E-state index is 10.8. The van der Waals surface area contributed by atoms with Gasteiger partial charge >= 0.3 is 6.03 Å². The molecule has 1 aromatic heterocycles. The zero-order valence-electron chi connectivity index (χ0n) is 12.0. The number of carbonyl (C=O) groups is 1. The summed E-state index contributed by atoms with van der Waals surface area (Å²) in [7, 11) is 0. The highest BCUT2D eigenvalue weighted by atomic mass is 35.5. The lowest BCUT2D eigenvalue weighted by molar-refractivity contribution is -0.0536. The first-order valence-electron chi connectivity index (χ1n) is 6.64. The Labute approximate surface area is 138 Å². The normalized spacial score (nSPS) is 21.0. The highest BCUT2D eigenvalue weighted by molar-refractivity contribution is 7.12. The van der Waals surface area contributed by atoms with Crippen molar-refractivity contribution in [3.05, 3.63) is 34.0 Å². The Bertz CT molecular complexity index is 674. The molecule has 3 N–H and O–H groups in total. The number of carbonyl (C=O) groups excluding carboxylic acids is 1. The number of amides is 2. The molecule has 2 unspecified atom stereocenters. The summed E-state index contributed by atoms with van der Waals surface area (Å²) < 4.78 is 0. The maximum atomic E-state index is 10.8. The average Bonchev–Trinajstić information content (AvgIpc) is 2.91. The Balaban J connectivity index is 2.02. The van der Waals surface area contributed by atoms with Crippen LogP contribution in [0.15, 0.2) is 29.3 Å². The van der Waals surface area contributed by atoms with Crippen LogP contribution in [0.5, 0.6) is 0 Å². The van der Waals surface area contributed by atoms with Gasteiger partial charge in [-0.15, -0.1) is 22.9 Å². The number of nitrogens with zero attached hydrogens (tertiary/aromatic N) is 2. The van der Waals surface area contributed by atoms with E-state index < -0.39 is 16.9 Å². The van der Waals surface area contributed by atoms with Crippen LogP contribution in [0.1, 0.15) is 16.7 Å². The van der Waals surface area contributed by atoms with E-state index in [1.165, 1.54) is 11.3 Å². The number of hydrogen-bond donors (Lipinski definition) is 2. The molecule has 116 valence electrons. The van der Waals surface area contributed by atoms with Gasteiger partial charge in [0, 0.05) is 17.5 Å². The molecule has 22 heavy (non-hydrogen) atoms. The molecule has 5 nitrogen and oxygen atoms in total. The predicted octanol–water partition coefficient (Wildman–Crippen LogP) is 2.42. The van der Waals surface area contributed by atoms with Crippen molar-refractivity contribution in [2.45, 2.75) is 24.3 Å². The van der Waals surface area contributed by atoms with Crippen LogP contribution < -0.4 is 5.73 Å². The zero-order valence-corrected chi connectivity index (χ0v) is 13.6. The number of dihydropyridines is 1. The fourth-order valence-electron chi connectivity index (χ4n) is 1.91. The van der Waals surface area contributed by atoms with E-state index in [9.17, 15) is 10.0 Å². The minimum atomic E-state index is -0.928. The Kier molecular flexibility index (Phi) is 5.24. The highest BCUT2D eigenvalue weighted by Crippen LogP contribution is 2.28. The number of hydrogen-bond acceptors (Lipinski definition) is 4. The summed E-state index contributed by atoms with van der Waals surface area (Å²) in [6.07, 6.45) is 6.22. The Morgan fingerprint density at radius 3 is 3.09 bits per heavy atom. The third kappa shape index (κ3) is 4.34. The standard InChI is InChI=1S/C15H16ClN3O2S/c1-11(19(21)14(17)20)3-4-12-5-6-13(22-12)9-15(16)7-2-8-18-10-15/h2,5-8,11,21H,9-10H2,1H3,(H2,17,20). The number of thiophene rings is 1. The molecule has 0 spiro atoms. The molecule has 2 heterocycles. The SMILES string of the molecule is CC(C#Cc1ccc(CC2(Cl)C=CC=NC2)s1)N(O)C(N)=O. The van der Waals surface area contributed by atoms with Crippen molar-refractivity contribution in [1.29, 1.82) is 0 Å². The van der Waals surface area contributed by atoms with Gasteiger partial charge in [0.05, 0.1) is 16.3 Å². The van der Waals surface area contributed by atoms with Crippen LogP contribution in [0.3, 0.4) is 0 Å². The van der Waals surface area contributed by atoms with Gasteiger partial charge in [0.15, 0.2) is 0 Å². The van der Waals surface area contributed by atoms with E-state index in [2.05, 4.69) is 16.8 Å². The number of nitrogens with two attached hydrogens (primary N) is 1. The van der Waals surface area contributed by atoms with Crippen LogP contribution in [0.25, 0.3) is 0 Å². The molecule has 7 heteroatoms. The molecule has 2 atom stereocenters. The van der Waals surface area contributed by atoms with Crippen LogP contribution >= 0.6 is 22.9 Å². The number of alkyl halides is 1. The van der Waals surface area contributed by atoms with Gasteiger partial charge in [0.1, 0.15) is 6.04 Å². The molecule has 2 amide bonds. The second kappa shape index (κ2) is 6.97. The van der Waals surface area contributed by atoms with Crippen molar-refractivity contribution in [2.24, 2.45) is 10.7 Å². The van der Waals surface area contributed by atoms with Crippen molar-refractivity contribution in [2.75, 3.05) is 6.54 Å². The van der Waals surface area contributed by atoms with Crippen LogP contribution in [0.2, 0.25) is 0 Å². The molecule has 0 saturated heterocycles. The summed E-state index contributed by atoms with van der Waals surface area (Å²) in [4.78, 5) is 16.5. The molecular formula is C15H16ClN3O2S. The van der Waals surface area contributed by atoms with Crippen LogP contribution in [-0.2, 0) is 6.42 Å². The number of aliphatic imine (C=N–C) groups is 1. The van der Waals surface area contributed by atoms with Crippen molar-refractivity contribution < 1.29 is 10.0 Å². The Morgan fingerprint density at radius 1 is 1.68 bits per heavy atom. The van der Waals surface area contributed by atoms with Crippen molar-refractivity contribution in [3.63, 3.8) is 0 Å². The van der Waals surface area contributed by atoms with Gasteiger partial charge in [-0.1, -0.05) is 17.9 Å². The smallest absolute Gasteiger partial charge is 0.339 e. The zero-order chi connectivity index (χ0) is 16.2. The fourth-order valence-corrected chi connectivity index (χ4v) is 3.26. The van der Waals surface area contributed by atoms with Crippen LogP contribution in [0.4, 0.5) is 4.79 Å². The number of primary amides is 1. The molecule has 2 rings (SSSR count). The third-order valence-electron chi connectivity index (χ3n) is 3.07. The van der Waals surface area contributed by atoms with Gasteiger partial charge in [-0.25, -0.2) is 4.79 Å². The van der Waals surface area contributed by atoms with E-state index in [-0.39, 0.29) is 0 Å². The van der Waals surface area contributed by atoms with Gasteiger partial charge in [0.2, 0.25) is 0 Å². The lowest BCUT2D eigenvalue weighted by Crippen LogP contribution is -2.38. The topological polar surface area (TPSA) is 78.9 Å². The summed E-state index contributed by atoms with van der Waals surface area (Å²) in [5.41, 5.74) is 4.97. The fraction of sp³-hybridized carbons (Fsp3) is 0.333. The highest BCUT2D eigenvalue weighted by Gasteiger charge is 2.26. The lowest BCUT2D eigenvalue weighted by Gasteiger charge is -2.22. The molecule has 0 radical (unpaired) electrons. The maximum Gasteiger partial charge on any atom is 0.339 e. The first kappa shape index (κ1) is 16.6. The van der Waals surface area contributed by atoms with E-state index >= 15 is 0 Å². The molecule has 1 aliphatic rings. The lowest BCUT2D eigenvalue weighted by atomic mass is 10.0. The molecular weight excluding hydrogens is 322 g/mol. The molecule has 0 aliphatic carbocycles. The van der Waals surface area contributed by atoms with Gasteiger partial charge in [-0.3, -0.25) is 10.2 Å². The quantitative estimate of drug-likeness (QED) is 0.384. The van der Waals surface area contributed by atoms with E-state index in [4.69, 9.17) is 17.3 Å². The number of rotatable bonds is 3. The molecule has 0 aromatic carbocycles. The van der Waals surface area contributed by atoms with Gasteiger partial charge in [0.25, 0.3) is 0 Å². The summed E-state index contributed by atoms with van der Waals surface area (Å²) in [6.45, 7) is 2.14. The number of hydroxylamine groups is 2. The molecule has 0 bridgehead atoms. The molecule has 0 saturated carbocycles. The van der Waals surface area contributed by atoms with Crippen molar-refractivity contribution >= 4 is 35.2 Å². The Hall–Kier alpha value is -1.81. The average molecular weight is 338 g/mol. The minimum absolute atomic E-state index is 0.403. The largest absolute Gasteiger partial charge is 0.350 e. The summed E-state index contributed by atoms with van der Waals surface area (Å²) >= 11 is 8.03. The second-order valence-corrected chi connectivity index (χ2v) is 6.88. The summed E-state index contributed by atoms with van der Waals surface area (Å²) in [6, 6.07) is 2.27. The van der Waals surface area contributed by atoms with E-state index in [0.29, 0.717) is 18.0 Å². The van der Waals surface area contributed by atoms with Crippen molar-refractivity contribution in [1.82, 2.24) is 5.06 Å². The van der Waals surface area contributed by atoms with Crippen LogP contribution in [0, 0.1) is 11.8 Å². The van der Waals surface area contributed by atoms with E-state index in [1.54, 1.807) is 13.1 Å². The van der Waals surface area contributed by atoms with Gasteiger partial charge < -0.3 is 5.73 Å². The summed E-state index contributed by atoms with van der Waals surface area (Å²) in [5.74, 6) is 5.69. The first-order chi connectivity index (χ1) is 10.4. The minimum Gasteiger partial charge on any atom is -0.350 e. The Morgan fingerprint density at radius 2 is 2.45 bits per heavy atom. The number of urea groups is 1. The molecule has 1 aliphatic heterocycles. The van der Waals surface area contributed by atoms with Crippen LogP contribution in [-0.4, -0.2) is 40.0 Å². The number of halogens is 1. The predicted molar refractivity (Wildman–Crippen MR) is 88.7 cm³/mol. The third-order valence-corrected chi connectivity index (χ3v) is 4.45. The van der Waals surface area contributed by atoms with Gasteiger partial charge in [-0.05, 0) is 25.1 Å². The molecule has 0 fully saturated rings. The first-order valence-corrected chi connectivity index (χ1v) is 7.83. The summed E-state index contributed by atoms with van der Waals surface area (Å²) in [5, 5.41) is 9.75. The molecule has 1 aromatic rings.